The van der Waals surface area contributed by atoms with Gasteiger partial charge in [-0.25, -0.2) is 8.42 Å². The second-order valence-electron chi connectivity index (χ2n) is 4.61. The Labute approximate surface area is 117 Å². The van der Waals surface area contributed by atoms with Gasteiger partial charge in [0, 0.05) is 6.54 Å². The first-order valence-electron chi connectivity index (χ1n) is 6.20. The van der Waals surface area contributed by atoms with Gasteiger partial charge in [-0.2, -0.15) is 9.57 Å². The van der Waals surface area contributed by atoms with E-state index < -0.39 is 16.1 Å². The Morgan fingerprint density at radius 1 is 1.00 bits per heavy atom. The molecule has 20 heavy (non-hydrogen) atoms. The highest BCUT2D eigenvalue weighted by Crippen LogP contribution is 2.29. The van der Waals surface area contributed by atoms with Crippen LogP contribution < -0.4 is 0 Å². The van der Waals surface area contributed by atoms with Crippen LogP contribution in [0.15, 0.2) is 59.5 Å². The predicted molar refractivity (Wildman–Crippen MR) is 75.2 cm³/mol. The van der Waals surface area contributed by atoms with Crippen molar-refractivity contribution in [2.24, 2.45) is 0 Å². The van der Waals surface area contributed by atoms with E-state index in [1.54, 1.807) is 24.3 Å². The van der Waals surface area contributed by atoms with Gasteiger partial charge in [0.1, 0.15) is 6.04 Å². The summed E-state index contributed by atoms with van der Waals surface area (Å²) in [6, 6.07) is 17.9. The molecule has 0 N–H and O–H groups in total. The topological polar surface area (TPSA) is 60.9 Å². The lowest BCUT2D eigenvalue weighted by Gasteiger charge is -2.06. The molecule has 2 atom stereocenters. The first kappa shape index (κ1) is 12.9. The van der Waals surface area contributed by atoms with Crippen molar-refractivity contribution in [2.75, 3.05) is 6.54 Å². The third kappa shape index (κ3) is 2.20. The fraction of sp³-hybridized carbons (Fsp3) is 0.133. The SMILES string of the molecule is N#CC1CN1S(=O)(=O)c1ccc(-c2ccccc2)cc1. The monoisotopic (exact) mass is 284 g/mol. The summed E-state index contributed by atoms with van der Waals surface area (Å²) in [5, 5.41) is 8.72. The van der Waals surface area contributed by atoms with Gasteiger partial charge in [0.15, 0.2) is 0 Å². The lowest BCUT2D eigenvalue weighted by Crippen LogP contribution is -2.13. The second-order valence-corrected chi connectivity index (χ2v) is 6.50. The van der Waals surface area contributed by atoms with E-state index in [9.17, 15) is 8.42 Å². The Balaban J connectivity index is 1.90. The molecular weight excluding hydrogens is 272 g/mol. The first-order valence-corrected chi connectivity index (χ1v) is 7.64. The molecular formula is C15H12N2O2S. The number of benzene rings is 2. The molecule has 0 spiro atoms. The van der Waals surface area contributed by atoms with Crippen LogP contribution >= 0.6 is 0 Å². The maximum Gasteiger partial charge on any atom is 0.244 e. The number of sulfonamides is 1. The average Bonchev–Trinajstić information content (AvgIpc) is 3.29. The Morgan fingerprint density at radius 2 is 1.60 bits per heavy atom. The smallest absolute Gasteiger partial charge is 0.207 e. The summed E-state index contributed by atoms with van der Waals surface area (Å²) in [6.45, 7) is 0.291. The fourth-order valence-electron chi connectivity index (χ4n) is 2.08. The Bertz CT molecular complexity index is 762. The molecule has 4 nitrogen and oxygen atoms in total. The quantitative estimate of drug-likeness (QED) is 0.812. The van der Waals surface area contributed by atoms with Crippen molar-refractivity contribution in [3.63, 3.8) is 0 Å². The summed E-state index contributed by atoms with van der Waals surface area (Å²) in [5.41, 5.74) is 2.00. The average molecular weight is 284 g/mol. The Kier molecular flexibility index (Phi) is 3.05. The summed E-state index contributed by atoms with van der Waals surface area (Å²) >= 11 is 0. The number of hydrogen-bond acceptors (Lipinski definition) is 3. The van der Waals surface area contributed by atoms with Crippen LogP contribution in [0.25, 0.3) is 11.1 Å². The standard InChI is InChI=1S/C15H12N2O2S/c16-10-14-11-17(14)20(18,19)15-8-6-13(7-9-15)12-4-2-1-3-5-12/h1-9,14H,11H2. The molecule has 1 saturated heterocycles. The van der Waals surface area contributed by atoms with E-state index >= 15 is 0 Å². The van der Waals surface area contributed by atoms with Gasteiger partial charge in [-0.1, -0.05) is 42.5 Å². The summed E-state index contributed by atoms with van der Waals surface area (Å²) in [5.74, 6) is 0. The van der Waals surface area contributed by atoms with Gasteiger partial charge in [0.2, 0.25) is 10.0 Å². The van der Waals surface area contributed by atoms with Crippen molar-refractivity contribution in [3.8, 4) is 17.2 Å². The zero-order valence-electron chi connectivity index (χ0n) is 10.6. The second kappa shape index (κ2) is 4.75. The predicted octanol–water partition coefficient (Wildman–Crippen LogP) is 2.25. The summed E-state index contributed by atoms with van der Waals surface area (Å²) in [7, 11) is -3.52. The third-order valence-electron chi connectivity index (χ3n) is 3.28. The molecule has 0 bridgehead atoms. The molecule has 100 valence electrons. The lowest BCUT2D eigenvalue weighted by molar-refractivity contribution is 0.559. The molecule has 1 fully saturated rings. The van der Waals surface area contributed by atoms with E-state index in [0.717, 1.165) is 11.1 Å². The van der Waals surface area contributed by atoms with E-state index in [2.05, 4.69) is 0 Å². The van der Waals surface area contributed by atoms with Gasteiger partial charge in [0.05, 0.1) is 11.0 Å². The highest BCUT2D eigenvalue weighted by molar-refractivity contribution is 7.89. The molecule has 5 heteroatoms. The zero-order valence-corrected chi connectivity index (χ0v) is 11.4. The zero-order chi connectivity index (χ0) is 14.2. The molecule has 2 aromatic rings. The van der Waals surface area contributed by atoms with E-state index in [1.165, 1.54) is 4.31 Å². The van der Waals surface area contributed by atoms with Crippen LogP contribution in [-0.4, -0.2) is 25.3 Å². The number of hydrogen-bond donors (Lipinski definition) is 0. The third-order valence-corrected chi connectivity index (χ3v) is 5.17. The van der Waals surface area contributed by atoms with Gasteiger partial charge in [-0.3, -0.25) is 0 Å². The number of nitriles is 1. The van der Waals surface area contributed by atoms with Crippen LogP contribution in [0.2, 0.25) is 0 Å². The Morgan fingerprint density at radius 3 is 2.15 bits per heavy atom. The highest BCUT2D eigenvalue weighted by atomic mass is 32.2. The van der Waals surface area contributed by atoms with Crippen molar-refractivity contribution in [3.05, 3.63) is 54.6 Å². The van der Waals surface area contributed by atoms with Crippen molar-refractivity contribution in [2.45, 2.75) is 10.9 Å². The van der Waals surface area contributed by atoms with Gasteiger partial charge >= 0.3 is 0 Å². The van der Waals surface area contributed by atoms with Crippen LogP contribution in [0.1, 0.15) is 0 Å². The van der Waals surface area contributed by atoms with Gasteiger partial charge < -0.3 is 0 Å². The minimum atomic E-state index is -3.52. The number of rotatable bonds is 3. The molecule has 1 aliphatic rings. The van der Waals surface area contributed by atoms with E-state index in [4.69, 9.17) is 5.26 Å². The van der Waals surface area contributed by atoms with Gasteiger partial charge in [0.25, 0.3) is 0 Å². The van der Waals surface area contributed by atoms with Crippen molar-refractivity contribution in [1.29, 1.82) is 5.26 Å². The van der Waals surface area contributed by atoms with Crippen molar-refractivity contribution in [1.82, 2.24) is 4.31 Å². The first-order chi connectivity index (χ1) is 9.63. The van der Waals surface area contributed by atoms with E-state index in [-0.39, 0.29) is 4.90 Å². The van der Waals surface area contributed by atoms with Crippen LogP contribution in [0.5, 0.6) is 0 Å². The van der Waals surface area contributed by atoms with Crippen LogP contribution in [0.3, 0.4) is 0 Å². The maximum absolute atomic E-state index is 12.2. The highest BCUT2D eigenvalue weighted by Gasteiger charge is 2.44. The van der Waals surface area contributed by atoms with Crippen LogP contribution in [0.4, 0.5) is 0 Å². The van der Waals surface area contributed by atoms with Crippen molar-refractivity contribution < 1.29 is 8.42 Å². The largest absolute Gasteiger partial charge is 0.244 e. The molecule has 1 heterocycles. The molecule has 0 aromatic heterocycles. The fourth-order valence-corrected chi connectivity index (χ4v) is 3.55. The Hall–Kier alpha value is -2.16. The van der Waals surface area contributed by atoms with Gasteiger partial charge in [-0.05, 0) is 23.3 Å². The van der Waals surface area contributed by atoms with Crippen LogP contribution in [-0.2, 0) is 10.0 Å². The molecule has 2 aromatic carbocycles. The summed E-state index contributed by atoms with van der Waals surface area (Å²) < 4.78 is 25.6. The lowest BCUT2D eigenvalue weighted by atomic mass is 10.1. The molecule has 1 aliphatic heterocycles. The van der Waals surface area contributed by atoms with Crippen molar-refractivity contribution >= 4 is 10.0 Å². The molecule has 3 rings (SSSR count). The normalized spacial score (nSPS) is 21.1. The maximum atomic E-state index is 12.2. The molecule has 0 saturated carbocycles. The molecule has 0 aliphatic carbocycles. The van der Waals surface area contributed by atoms with Gasteiger partial charge in [-0.15, -0.1) is 0 Å². The molecule has 2 unspecified atom stereocenters. The number of nitrogens with zero attached hydrogens (tertiary/aromatic N) is 2. The minimum Gasteiger partial charge on any atom is -0.207 e. The summed E-state index contributed by atoms with van der Waals surface area (Å²) in [6.07, 6.45) is 0. The van der Waals surface area contributed by atoms with E-state index in [1.807, 2.05) is 36.4 Å². The molecule has 0 radical (unpaired) electrons. The van der Waals surface area contributed by atoms with E-state index in [0.29, 0.717) is 6.54 Å². The summed E-state index contributed by atoms with van der Waals surface area (Å²) in [4.78, 5) is 0.231. The van der Waals surface area contributed by atoms with Crippen LogP contribution in [0, 0.1) is 11.3 Å². The molecule has 0 amide bonds. The minimum absolute atomic E-state index is 0.231.